The van der Waals surface area contributed by atoms with Gasteiger partial charge in [0.25, 0.3) is 0 Å². The highest BCUT2D eigenvalue weighted by molar-refractivity contribution is 5.91. The lowest BCUT2D eigenvalue weighted by Gasteiger charge is -2.58. The number of hydrogen-bond acceptors (Lipinski definition) is 3. The summed E-state index contributed by atoms with van der Waals surface area (Å²) in [6, 6.07) is 0. The summed E-state index contributed by atoms with van der Waals surface area (Å²) < 4.78 is 0. The third-order valence-electron chi connectivity index (χ3n) is 9.11. The van der Waals surface area contributed by atoms with Crippen LogP contribution in [-0.2, 0) is 14.4 Å². The molecular formula is C24H34O3. The van der Waals surface area contributed by atoms with Crippen molar-refractivity contribution in [3.05, 3.63) is 11.6 Å². The molecule has 0 bridgehead atoms. The molecule has 0 aliphatic heterocycles. The van der Waals surface area contributed by atoms with Crippen LogP contribution in [0.15, 0.2) is 11.6 Å². The first kappa shape index (κ1) is 19.1. The van der Waals surface area contributed by atoms with E-state index >= 15 is 0 Å². The zero-order chi connectivity index (χ0) is 19.4. The zero-order valence-electron chi connectivity index (χ0n) is 17.2. The van der Waals surface area contributed by atoms with E-state index in [9.17, 15) is 14.4 Å². The Hall–Kier alpha value is -1.25. The van der Waals surface area contributed by atoms with Gasteiger partial charge in [0.15, 0.2) is 5.78 Å². The molecule has 0 unspecified atom stereocenters. The molecular weight excluding hydrogens is 336 g/mol. The number of allylic oxidation sites excluding steroid dienone is 1. The van der Waals surface area contributed by atoms with Crippen molar-refractivity contribution in [3.8, 4) is 0 Å². The van der Waals surface area contributed by atoms with Crippen LogP contribution in [0.5, 0.6) is 0 Å². The van der Waals surface area contributed by atoms with Gasteiger partial charge in [-0.1, -0.05) is 12.5 Å². The monoisotopic (exact) mass is 370 g/mol. The van der Waals surface area contributed by atoms with Gasteiger partial charge in [0.1, 0.15) is 11.6 Å². The minimum atomic E-state index is 0.0563. The highest BCUT2D eigenvalue weighted by atomic mass is 16.1. The molecule has 0 aromatic carbocycles. The molecule has 0 aromatic rings. The molecule has 148 valence electrons. The quantitative estimate of drug-likeness (QED) is 0.694. The topological polar surface area (TPSA) is 51.2 Å². The molecule has 0 amide bonds. The number of carbonyl (C=O) groups is 3. The molecule has 6 atom stereocenters. The van der Waals surface area contributed by atoms with Crippen LogP contribution in [0.1, 0.15) is 85.0 Å². The molecule has 3 heteroatoms. The minimum absolute atomic E-state index is 0.0563. The molecule has 0 aromatic heterocycles. The van der Waals surface area contributed by atoms with Crippen LogP contribution in [0.2, 0.25) is 0 Å². The van der Waals surface area contributed by atoms with E-state index in [0.717, 1.165) is 51.4 Å². The standard InChI is InChI=1S/C24H34O3/c1-15(25)8-12-24-13-10-21-19(22(24)7-6-20(24)16(2)26)5-4-17-14-18(27)9-11-23(17,21)3/h14,19-22H,4-13H2,1-3H3/t19-,20-,21+,22+,23+,24-/m1/s1. The molecule has 3 nitrogen and oxygen atoms in total. The van der Waals surface area contributed by atoms with Crippen LogP contribution in [0.4, 0.5) is 0 Å². The number of fused-ring (bicyclic) bond motifs is 5. The largest absolute Gasteiger partial charge is 0.300 e. The van der Waals surface area contributed by atoms with Crippen molar-refractivity contribution in [2.45, 2.75) is 85.0 Å². The molecule has 0 spiro atoms. The maximum atomic E-state index is 12.5. The van der Waals surface area contributed by atoms with Gasteiger partial charge in [-0.25, -0.2) is 0 Å². The zero-order valence-corrected chi connectivity index (χ0v) is 17.2. The molecule has 4 aliphatic carbocycles. The Morgan fingerprint density at radius 1 is 1.04 bits per heavy atom. The molecule has 3 fully saturated rings. The van der Waals surface area contributed by atoms with E-state index in [4.69, 9.17) is 0 Å². The van der Waals surface area contributed by atoms with Crippen LogP contribution in [0.25, 0.3) is 0 Å². The third-order valence-corrected chi connectivity index (χ3v) is 9.11. The Kier molecular flexibility index (Phi) is 4.71. The fourth-order valence-electron chi connectivity index (χ4n) is 7.87. The summed E-state index contributed by atoms with van der Waals surface area (Å²) in [5.41, 5.74) is 1.64. The van der Waals surface area contributed by atoms with Crippen molar-refractivity contribution in [2.75, 3.05) is 0 Å². The molecule has 4 rings (SSSR count). The second kappa shape index (κ2) is 6.67. The fraction of sp³-hybridized carbons (Fsp3) is 0.792. The third kappa shape index (κ3) is 2.87. The SMILES string of the molecule is CC(=O)CC[C@]12CC[C@H]3[C@@H](CCC4=CC(=O)CC[C@@]43C)[C@@H]1CC[C@@H]2C(C)=O. The van der Waals surface area contributed by atoms with E-state index in [-0.39, 0.29) is 22.5 Å². The summed E-state index contributed by atoms with van der Waals surface area (Å²) in [5, 5.41) is 0. The number of ketones is 3. The highest BCUT2D eigenvalue weighted by Crippen LogP contribution is 2.68. The number of hydrogen-bond donors (Lipinski definition) is 0. The van der Waals surface area contributed by atoms with Gasteiger partial charge in [-0.15, -0.1) is 0 Å². The van der Waals surface area contributed by atoms with Crippen LogP contribution in [0.3, 0.4) is 0 Å². The Morgan fingerprint density at radius 2 is 1.81 bits per heavy atom. The van der Waals surface area contributed by atoms with Gasteiger partial charge >= 0.3 is 0 Å². The summed E-state index contributed by atoms with van der Waals surface area (Å²) in [6.07, 6.45) is 11.8. The average molecular weight is 371 g/mol. The van der Waals surface area contributed by atoms with Crippen molar-refractivity contribution in [1.29, 1.82) is 0 Å². The van der Waals surface area contributed by atoms with E-state index < -0.39 is 0 Å². The van der Waals surface area contributed by atoms with Gasteiger partial charge in [0.05, 0.1) is 0 Å². The predicted octanol–water partition coefficient (Wildman–Crippen LogP) is 5.07. The summed E-state index contributed by atoms with van der Waals surface area (Å²) in [5.74, 6) is 2.94. The van der Waals surface area contributed by atoms with Crippen LogP contribution in [0, 0.1) is 34.5 Å². The molecule has 0 radical (unpaired) electrons. The summed E-state index contributed by atoms with van der Waals surface area (Å²) in [7, 11) is 0. The maximum absolute atomic E-state index is 12.5. The van der Waals surface area contributed by atoms with Crippen LogP contribution in [-0.4, -0.2) is 17.3 Å². The number of rotatable bonds is 4. The lowest BCUT2D eigenvalue weighted by Crippen LogP contribution is -2.52. The van der Waals surface area contributed by atoms with Crippen LogP contribution < -0.4 is 0 Å². The lowest BCUT2D eigenvalue weighted by molar-refractivity contribution is -0.132. The second-order valence-corrected chi connectivity index (χ2v) is 10.2. The summed E-state index contributed by atoms with van der Waals surface area (Å²) in [6.45, 7) is 5.86. The number of carbonyl (C=O) groups excluding carboxylic acids is 3. The van der Waals surface area contributed by atoms with Crippen molar-refractivity contribution in [1.82, 2.24) is 0 Å². The van der Waals surface area contributed by atoms with Gasteiger partial charge < -0.3 is 4.79 Å². The molecule has 27 heavy (non-hydrogen) atoms. The fourth-order valence-corrected chi connectivity index (χ4v) is 7.87. The van der Waals surface area contributed by atoms with Gasteiger partial charge in [0, 0.05) is 18.8 Å². The van der Waals surface area contributed by atoms with E-state index in [2.05, 4.69) is 6.92 Å². The first-order valence-electron chi connectivity index (χ1n) is 11.0. The van der Waals surface area contributed by atoms with Crippen molar-refractivity contribution in [3.63, 3.8) is 0 Å². The van der Waals surface area contributed by atoms with E-state index in [1.807, 2.05) is 6.08 Å². The van der Waals surface area contributed by atoms with Crippen molar-refractivity contribution >= 4 is 17.3 Å². The van der Waals surface area contributed by atoms with E-state index in [0.29, 0.717) is 42.2 Å². The smallest absolute Gasteiger partial charge is 0.155 e. The van der Waals surface area contributed by atoms with Gasteiger partial charge in [-0.2, -0.15) is 0 Å². The lowest BCUT2D eigenvalue weighted by atomic mass is 9.45. The highest BCUT2D eigenvalue weighted by Gasteiger charge is 2.61. The predicted molar refractivity (Wildman–Crippen MR) is 105 cm³/mol. The van der Waals surface area contributed by atoms with Gasteiger partial charge in [0.2, 0.25) is 0 Å². The maximum Gasteiger partial charge on any atom is 0.155 e. The van der Waals surface area contributed by atoms with Crippen molar-refractivity contribution < 1.29 is 14.4 Å². The van der Waals surface area contributed by atoms with Crippen molar-refractivity contribution in [2.24, 2.45) is 34.5 Å². The van der Waals surface area contributed by atoms with Gasteiger partial charge in [-0.3, -0.25) is 9.59 Å². The molecule has 0 heterocycles. The summed E-state index contributed by atoms with van der Waals surface area (Å²) >= 11 is 0. The molecule has 3 saturated carbocycles. The molecule has 0 N–H and O–H groups in total. The number of Topliss-reactive ketones (excluding diaryl/α,β-unsaturated/α-hetero) is 2. The normalized spacial score (nSPS) is 43.4. The molecule has 4 aliphatic rings. The first-order chi connectivity index (χ1) is 12.8. The summed E-state index contributed by atoms with van der Waals surface area (Å²) in [4.78, 5) is 36.3. The Bertz CT molecular complexity index is 704. The molecule has 0 saturated heterocycles. The van der Waals surface area contributed by atoms with Gasteiger partial charge in [-0.05, 0) is 99.9 Å². The first-order valence-corrected chi connectivity index (χ1v) is 11.0. The Labute approximate surface area is 163 Å². The van der Waals surface area contributed by atoms with E-state index in [1.54, 1.807) is 13.8 Å². The minimum Gasteiger partial charge on any atom is -0.300 e. The Balaban J connectivity index is 1.67. The second-order valence-electron chi connectivity index (χ2n) is 10.2. The van der Waals surface area contributed by atoms with E-state index in [1.165, 1.54) is 5.57 Å². The average Bonchev–Trinajstić information content (AvgIpc) is 3.00. The Morgan fingerprint density at radius 3 is 2.52 bits per heavy atom. The van der Waals surface area contributed by atoms with Crippen LogP contribution >= 0.6 is 0 Å².